The molecule has 0 aliphatic carbocycles. The van der Waals surface area contributed by atoms with Gasteiger partial charge in [-0.2, -0.15) is 0 Å². The molecule has 3 nitrogen and oxygen atoms in total. The summed E-state index contributed by atoms with van der Waals surface area (Å²) in [5.74, 6) is -0.448. The fraction of sp³-hybridized carbons (Fsp3) is 0.167. The van der Waals surface area contributed by atoms with Crippen LogP contribution in [-0.2, 0) is 4.74 Å². The number of ether oxygens (including phenoxy) is 1. The van der Waals surface area contributed by atoms with Gasteiger partial charge in [-0.05, 0) is 11.6 Å². The van der Waals surface area contributed by atoms with E-state index >= 15 is 0 Å². The summed E-state index contributed by atoms with van der Waals surface area (Å²) < 4.78 is 9.04. The Balaban J connectivity index is 2.85. The molecule has 0 fully saturated rings. The van der Waals surface area contributed by atoms with E-state index in [2.05, 4.69) is 9.15 Å². The lowest BCUT2D eigenvalue weighted by molar-refractivity contribution is 0.0600. The maximum absolute atomic E-state index is 10.7. The number of furan rings is 1. The minimum Gasteiger partial charge on any atom is -0.465 e. The highest BCUT2D eigenvalue weighted by Crippen LogP contribution is 2.13. The highest BCUT2D eigenvalue weighted by Gasteiger charge is 2.07. The Kier molecular flexibility index (Phi) is 1.97. The van der Waals surface area contributed by atoms with Crippen LogP contribution in [0.25, 0.3) is 0 Å². The zero-order valence-electron chi connectivity index (χ0n) is 5.26. The maximum Gasteiger partial charge on any atom is 0.341 e. The molecule has 0 saturated heterocycles. The predicted molar refractivity (Wildman–Crippen MR) is 35.1 cm³/mol. The second-order valence-electron chi connectivity index (χ2n) is 1.63. The van der Waals surface area contributed by atoms with Gasteiger partial charge in [-0.3, -0.25) is 0 Å². The number of hydrogen-bond donors (Lipinski definition) is 0. The van der Waals surface area contributed by atoms with Crippen molar-refractivity contribution in [1.82, 2.24) is 0 Å². The van der Waals surface area contributed by atoms with Crippen molar-refractivity contribution >= 4 is 17.6 Å². The number of hydrogen-bond acceptors (Lipinski definition) is 3. The summed E-state index contributed by atoms with van der Waals surface area (Å²) in [6.07, 6.45) is 1.24. The first-order valence-electron chi connectivity index (χ1n) is 2.56. The van der Waals surface area contributed by atoms with E-state index in [0.717, 1.165) is 0 Å². The van der Waals surface area contributed by atoms with Crippen molar-refractivity contribution in [3.05, 3.63) is 23.1 Å². The second-order valence-corrected chi connectivity index (χ2v) is 2.00. The summed E-state index contributed by atoms with van der Waals surface area (Å²) in [6, 6.07) is 1.40. The third-order valence-corrected chi connectivity index (χ3v) is 1.19. The molecular weight excluding hydrogens is 156 g/mol. The van der Waals surface area contributed by atoms with Crippen LogP contribution in [0, 0.1) is 0 Å². The molecule has 0 atom stereocenters. The van der Waals surface area contributed by atoms with Gasteiger partial charge in [0.15, 0.2) is 5.22 Å². The van der Waals surface area contributed by atoms with Gasteiger partial charge in [0.05, 0.1) is 12.7 Å². The molecule has 4 heteroatoms. The Morgan fingerprint density at radius 3 is 2.90 bits per heavy atom. The summed E-state index contributed by atoms with van der Waals surface area (Å²) in [5, 5.41) is 0.181. The summed E-state index contributed by atoms with van der Waals surface area (Å²) in [4.78, 5) is 10.7. The topological polar surface area (TPSA) is 39.4 Å². The molecule has 0 bridgehead atoms. The summed E-state index contributed by atoms with van der Waals surface area (Å²) in [6.45, 7) is 0. The number of methoxy groups -OCH3 is 1. The van der Waals surface area contributed by atoms with Gasteiger partial charge in [0.2, 0.25) is 0 Å². The lowest BCUT2D eigenvalue weighted by Gasteiger charge is -1.89. The zero-order chi connectivity index (χ0) is 7.56. The molecule has 0 unspecified atom stereocenters. The van der Waals surface area contributed by atoms with E-state index in [0.29, 0.717) is 5.56 Å². The van der Waals surface area contributed by atoms with Gasteiger partial charge in [0.25, 0.3) is 0 Å². The number of carbonyl (C=O) groups excluding carboxylic acids is 1. The van der Waals surface area contributed by atoms with Crippen LogP contribution < -0.4 is 0 Å². The molecule has 0 aliphatic heterocycles. The van der Waals surface area contributed by atoms with E-state index in [-0.39, 0.29) is 5.22 Å². The van der Waals surface area contributed by atoms with Crippen molar-refractivity contribution in [2.45, 2.75) is 0 Å². The SMILES string of the molecule is COC(=O)c1coc(Cl)c1. The summed E-state index contributed by atoms with van der Waals surface area (Å²) in [7, 11) is 1.29. The first-order chi connectivity index (χ1) is 4.74. The predicted octanol–water partition coefficient (Wildman–Crippen LogP) is 1.72. The standard InChI is InChI=1S/C6H5ClO3/c1-9-6(8)4-2-5(7)10-3-4/h2-3H,1H3. The van der Waals surface area contributed by atoms with Crippen LogP contribution in [0.2, 0.25) is 5.22 Å². The quantitative estimate of drug-likeness (QED) is 0.588. The first-order valence-corrected chi connectivity index (χ1v) is 2.94. The van der Waals surface area contributed by atoms with Crippen LogP contribution in [0.1, 0.15) is 10.4 Å². The molecule has 0 amide bonds. The number of carbonyl (C=O) groups is 1. The minimum absolute atomic E-state index is 0.181. The van der Waals surface area contributed by atoms with Crippen molar-refractivity contribution in [2.24, 2.45) is 0 Å². The highest BCUT2D eigenvalue weighted by atomic mass is 35.5. The molecular formula is C6H5ClO3. The molecule has 1 heterocycles. The summed E-state index contributed by atoms with van der Waals surface area (Å²) >= 11 is 5.39. The van der Waals surface area contributed by atoms with E-state index in [1.807, 2.05) is 0 Å². The maximum atomic E-state index is 10.7. The van der Waals surface area contributed by atoms with Crippen molar-refractivity contribution in [3.8, 4) is 0 Å². The van der Waals surface area contributed by atoms with Gasteiger partial charge < -0.3 is 9.15 Å². The zero-order valence-corrected chi connectivity index (χ0v) is 6.01. The Morgan fingerprint density at radius 1 is 1.80 bits per heavy atom. The average Bonchev–Trinajstić information content (AvgIpc) is 2.34. The molecule has 54 valence electrons. The largest absolute Gasteiger partial charge is 0.465 e. The molecule has 0 saturated carbocycles. The molecule has 1 aromatic heterocycles. The molecule has 0 aromatic carbocycles. The molecule has 10 heavy (non-hydrogen) atoms. The van der Waals surface area contributed by atoms with E-state index in [1.165, 1.54) is 19.4 Å². The molecule has 0 aliphatic rings. The van der Waals surface area contributed by atoms with E-state index in [4.69, 9.17) is 11.6 Å². The van der Waals surface area contributed by atoms with Crippen molar-refractivity contribution in [3.63, 3.8) is 0 Å². The molecule has 0 spiro atoms. The third kappa shape index (κ3) is 1.30. The molecule has 0 radical (unpaired) electrons. The van der Waals surface area contributed by atoms with E-state index < -0.39 is 5.97 Å². The third-order valence-electron chi connectivity index (χ3n) is 0.989. The van der Waals surface area contributed by atoms with Crippen LogP contribution in [0.5, 0.6) is 0 Å². The van der Waals surface area contributed by atoms with Crippen LogP contribution in [0.15, 0.2) is 16.7 Å². The second kappa shape index (κ2) is 2.75. The number of rotatable bonds is 1. The Morgan fingerprint density at radius 2 is 2.50 bits per heavy atom. The molecule has 0 N–H and O–H groups in total. The fourth-order valence-electron chi connectivity index (χ4n) is 0.535. The first kappa shape index (κ1) is 7.15. The van der Waals surface area contributed by atoms with Crippen molar-refractivity contribution < 1.29 is 13.9 Å². The lowest BCUT2D eigenvalue weighted by Crippen LogP contribution is -1.97. The van der Waals surface area contributed by atoms with Crippen molar-refractivity contribution in [2.75, 3.05) is 7.11 Å². The van der Waals surface area contributed by atoms with Gasteiger partial charge in [0.1, 0.15) is 6.26 Å². The van der Waals surface area contributed by atoms with E-state index in [9.17, 15) is 4.79 Å². The van der Waals surface area contributed by atoms with Crippen LogP contribution in [0.4, 0.5) is 0 Å². The summed E-state index contributed by atoms with van der Waals surface area (Å²) in [5.41, 5.74) is 0.326. The Labute approximate surface area is 62.5 Å². The number of esters is 1. The fourth-order valence-corrected chi connectivity index (χ4v) is 0.697. The van der Waals surface area contributed by atoms with Gasteiger partial charge >= 0.3 is 5.97 Å². The van der Waals surface area contributed by atoms with Gasteiger partial charge in [-0.25, -0.2) is 4.79 Å². The number of halogens is 1. The van der Waals surface area contributed by atoms with Crippen LogP contribution >= 0.6 is 11.6 Å². The van der Waals surface area contributed by atoms with Crippen LogP contribution in [0.3, 0.4) is 0 Å². The van der Waals surface area contributed by atoms with Gasteiger partial charge in [-0.1, -0.05) is 0 Å². The van der Waals surface area contributed by atoms with E-state index in [1.54, 1.807) is 0 Å². The molecule has 1 aromatic rings. The minimum atomic E-state index is -0.448. The Hall–Kier alpha value is -0.960. The highest BCUT2D eigenvalue weighted by molar-refractivity contribution is 6.29. The van der Waals surface area contributed by atoms with Gasteiger partial charge in [0, 0.05) is 6.07 Å². The Bertz CT molecular complexity index is 241. The molecule has 1 rings (SSSR count). The smallest absolute Gasteiger partial charge is 0.341 e. The average molecular weight is 161 g/mol. The van der Waals surface area contributed by atoms with Gasteiger partial charge in [-0.15, -0.1) is 0 Å². The monoisotopic (exact) mass is 160 g/mol. The van der Waals surface area contributed by atoms with Crippen molar-refractivity contribution in [1.29, 1.82) is 0 Å². The normalized spacial score (nSPS) is 9.40. The van der Waals surface area contributed by atoms with Crippen LogP contribution in [-0.4, -0.2) is 13.1 Å². The lowest BCUT2D eigenvalue weighted by atomic mass is 10.3.